The average molecular weight is 414 g/mol. The van der Waals surface area contributed by atoms with Gasteiger partial charge in [0.15, 0.2) is 0 Å². The molecule has 0 N–H and O–H groups in total. The number of benzene rings is 2. The fourth-order valence-corrected chi connectivity index (χ4v) is 3.84. The van der Waals surface area contributed by atoms with Gasteiger partial charge < -0.3 is 8.92 Å². The second-order valence-corrected chi connectivity index (χ2v) is 7.84. The Bertz CT molecular complexity index is 968. The SMILES string of the molecule is CCOC(=O)C1CC1c1ccccc1OS(=O)(=O)c1ccc(C(F)(F)F)cc1. The van der Waals surface area contributed by atoms with Crippen molar-refractivity contribution in [2.75, 3.05) is 6.61 Å². The van der Waals surface area contributed by atoms with Crippen LogP contribution in [0.3, 0.4) is 0 Å². The number of carbonyl (C=O) groups excluding carboxylic acids is 1. The lowest BCUT2D eigenvalue weighted by Gasteiger charge is -2.12. The Kier molecular flexibility index (Phi) is 5.38. The first kappa shape index (κ1) is 20.2. The molecule has 1 fully saturated rings. The second-order valence-electron chi connectivity index (χ2n) is 6.30. The van der Waals surface area contributed by atoms with Gasteiger partial charge >= 0.3 is 22.3 Å². The maximum atomic E-state index is 12.7. The molecule has 0 saturated heterocycles. The highest BCUT2D eigenvalue weighted by Gasteiger charge is 2.46. The molecule has 1 aliphatic rings. The van der Waals surface area contributed by atoms with Gasteiger partial charge in [-0.25, -0.2) is 0 Å². The summed E-state index contributed by atoms with van der Waals surface area (Å²) in [5, 5.41) is 0. The predicted molar refractivity (Wildman–Crippen MR) is 93.2 cm³/mol. The number of halogens is 3. The van der Waals surface area contributed by atoms with Crippen LogP contribution in [0.4, 0.5) is 13.2 Å². The molecular weight excluding hydrogens is 397 g/mol. The number of hydrogen-bond donors (Lipinski definition) is 0. The minimum atomic E-state index is -4.57. The van der Waals surface area contributed by atoms with Crippen molar-refractivity contribution in [3.8, 4) is 5.75 Å². The number of hydrogen-bond acceptors (Lipinski definition) is 5. The van der Waals surface area contributed by atoms with Crippen molar-refractivity contribution in [2.24, 2.45) is 5.92 Å². The third-order valence-electron chi connectivity index (χ3n) is 4.37. The molecular formula is C19H17F3O5S. The summed E-state index contributed by atoms with van der Waals surface area (Å²) in [5.74, 6) is -0.899. The molecule has 5 nitrogen and oxygen atoms in total. The minimum absolute atomic E-state index is 0.0409. The molecule has 2 aromatic rings. The van der Waals surface area contributed by atoms with E-state index in [0.717, 1.165) is 12.1 Å². The molecule has 2 atom stereocenters. The fraction of sp³-hybridized carbons (Fsp3) is 0.316. The third-order valence-corrected chi connectivity index (χ3v) is 5.62. The highest BCUT2D eigenvalue weighted by molar-refractivity contribution is 7.87. The summed E-state index contributed by atoms with van der Waals surface area (Å²) in [6, 6.07) is 9.41. The Hall–Kier alpha value is -2.55. The van der Waals surface area contributed by atoms with E-state index in [1.807, 2.05) is 0 Å². The fourth-order valence-electron chi connectivity index (χ4n) is 2.89. The summed E-state index contributed by atoms with van der Waals surface area (Å²) in [6.07, 6.45) is -4.05. The van der Waals surface area contributed by atoms with E-state index in [4.69, 9.17) is 8.92 Å². The molecule has 9 heteroatoms. The average Bonchev–Trinajstić information content (AvgIpc) is 3.42. The van der Waals surface area contributed by atoms with Crippen LogP contribution in [0.5, 0.6) is 5.75 Å². The molecule has 150 valence electrons. The van der Waals surface area contributed by atoms with E-state index in [1.54, 1.807) is 25.1 Å². The zero-order chi connectivity index (χ0) is 20.5. The van der Waals surface area contributed by atoms with Crippen LogP contribution in [-0.4, -0.2) is 21.0 Å². The first-order chi connectivity index (χ1) is 13.1. The number of para-hydroxylation sites is 1. The standard InChI is InChI=1S/C19H17F3O5S/c1-2-26-18(23)16-11-15(16)14-5-3-4-6-17(14)27-28(24,25)13-9-7-12(8-10-13)19(20,21)22/h3-10,15-16H,2,11H2,1H3. The van der Waals surface area contributed by atoms with Crippen molar-refractivity contribution < 1.29 is 35.3 Å². The monoisotopic (exact) mass is 414 g/mol. The zero-order valence-electron chi connectivity index (χ0n) is 14.8. The first-order valence-corrected chi connectivity index (χ1v) is 9.91. The van der Waals surface area contributed by atoms with Gasteiger partial charge in [-0.1, -0.05) is 18.2 Å². The quantitative estimate of drug-likeness (QED) is 0.525. The number of esters is 1. The minimum Gasteiger partial charge on any atom is -0.466 e. The molecule has 28 heavy (non-hydrogen) atoms. The van der Waals surface area contributed by atoms with Crippen LogP contribution in [0.15, 0.2) is 53.4 Å². The van der Waals surface area contributed by atoms with Gasteiger partial charge in [0.25, 0.3) is 0 Å². The molecule has 2 aromatic carbocycles. The van der Waals surface area contributed by atoms with Crippen LogP contribution < -0.4 is 4.18 Å². The van der Waals surface area contributed by atoms with Gasteiger partial charge in [0.1, 0.15) is 10.6 Å². The van der Waals surface area contributed by atoms with Gasteiger partial charge in [-0.3, -0.25) is 4.79 Å². The van der Waals surface area contributed by atoms with E-state index in [2.05, 4.69) is 0 Å². The lowest BCUT2D eigenvalue weighted by atomic mass is 10.1. The summed E-state index contributed by atoms with van der Waals surface area (Å²) in [4.78, 5) is 11.5. The second kappa shape index (κ2) is 7.46. The van der Waals surface area contributed by atoms with Gasteiger partial charge in [0, 0.05) is 5.92 Å². The predicted octanol–water partition coefficient (Wildman–Crippen LogP) is 4.14. The van der Waals surface area contributed by atoms with Gasteiger partial charge in [0.05, 0.1) is 18.1 Å². The normalized spacial score (nSPS) is 19.1. The summed E-state index contributed by atoms with van der Waals surface area (Å²) < 4.78 is 73.1. The summed E-state index contributed by atoms with van der Waals surface area (Å²) in [7, 11) is -4.34. The van der Waals surface area contributed by atoms with Crippen LogP contribution in [0, 0.1) is 5.92 Å². The van der Waals surface area contributed by atoms with E-state index in [1.165, 1.54) is 6.07 Å². The Morgan fingerprint density at radius 1 is 1.11 bits per heavy atom. The summed E-state index contributed by atoms with van der Waals surface area (Å²) >= 11 is 0. The van der Waals surface area contributed by atoms with E-state index < -0.39 is 26.8 Å². The lowest BCUT2D eigenvalue weighted by molar-refractivity contribution is -0.144. The van der Waals surface area contributed by atoms with Crippen molar-refractivity contribution in [1.82, 2.24) is 0 Å². The van der Waals surface area contributed by atoms with Crippen molar-refractivity contribution in [3.63, 3.8) is 0 Å². The Morgan fingerprint density at radius 3 is 2.36 bits per heavy atom. The van der Waals surface area contributed by atoms with E-state index >= 15 is 0 Å². The zero-order valence-corrected chi connectivity index (χ0v) is 15.6. The van der Waals surface area contributed by atoms with Crippen LogP contribution >= 0.6 is 0 Å². The number of rotatable bonds is 6. The van der Waals surface area contributed by atoms with Gasteiger partial charge in [-0.15, -0.1) is 0 Å². The van der Waals surface area contributed by atoms with Gasteiger partial charge in [-0.05, 0) is 49.2 Å². The van der Waals surface area contributed by atoms with Crippen molar-refractivity contribution in [1.29, 1.82) is 0 Å². The largest absolute Gasteiger partial charge is 0.466 e. The maximum Gasteiger partial charge on any atom is 0.416 e. The molecule has 0 aromatic heterocycles. The molecule has 0 spiro atoms. The molecule has 0 amide bonds. The highest BCUT2D eigenvalue weighted by Crippen LogP contribution is 2.51. The van der Waals surface area contributed by atoms with Crippen LogP contribution in [0.1, 0.15) is 30.4 Å². The summed E-state index contributed by atoms with van der Waals surface area (Å²) in [6.45, 7) is 1.95. The Labute approximate surface area is 160 Å². The maximum absolute atomic E-state index is 12.7. The molecule has 0 bridgehead atoms. The van der Waals surface area contributed by atoms with Crippen LogP contribution in [0.25, 0.3) is 0 Å². The van der Waals surface area contributed by atoms with Crippen molar-refractivity contribution in [3.05, 3.63) is 59.7 Å². The molecule has 0 heterocycles. The molecule has 0 radical (unpaired) electrons. The van der Waals surface area contributed by atoms with Crippen LogP contribution in [0.2, 0.25) is 0 Å². The van der Waals surface area contributed by atoms with E-state index in [0.29, 0.717) is 24.1 Å². The summed E-state index contributed by atoms with van der Waals surface area (Å²) in [5.41, 5.74) is -0.418. The number of alkyl halides is 3. The van der Waals surface area contributed by atoms with Gasteiger partial charge in [0.2, 0.25) is 0 Å². The molecule has 0 aliphatic heterocycles. The van der Waals surface area contributed by atoms with E-state index in [9.17, 15) is 26.4 Å². The van der Waals surface area contributed by atoms with E-state index in [-0.39, 0.29) is 30.2 Å². The third kappa shape index (κ3) is 4.30. The topological polar surface area (TPSA) is 69.7 Å². The van der Waals surface area contributed by atoms with Crippen LogP contribution in [-0.2, 0) is 25.8 Å². The van der Waals surface area contributed by atoms with Gasteiger partial charge in [-0.2, -0.15) is 21.6 Å². The molecule has 2 unspecified atom stereocenters. The lowest BCUT2D eigenvalue weighted by Crippen LogP contribution is -2.12. The molecule has 3 rings (SSSR count). The Morgan fingerprint density at radius 2 is 1.75 bits per heavy atom. The smallest absolute Gasteiger partial charge is 0.416 e. The first-order valence-electron chi connectivity index (χ1n) is 8.51. The van der Waals surface area contributed by atoms with Crippen molar-refractivity contribution in [2.45, 2.75) is 30.3 Å². The highest BCUT2D eigenvalue weighted by atomic mass is 32.2. The number of carbonyl (C=O) groups is 1. The number of ether oxygens (including phenoxy) is 1. The van der Waals surface area contributed by atoms with Crippen molar-refractivity contribution >= 4 is 16.1 Å². The molecule has 1 saturated carbocycles. The molecule has 1 aliphatic carbocycles. The Balaban J connectivity index is 1.81.